The van der Waals surface area contributed by atoms with Gasteiger partial charge in [0.15, 0.2) is 6.29 Å². The minimum atomic E-state index is -0.328. The molecule has 1 aliphatic heterocycles. The van der Waals surface area contributed by atoms with Crippen LogP contribution in [-0.4, -0.2) is 26.3 Å². The van der Waals surface area contributed by atoms with Crippen molar-refractivity contribution >= 4 is 17.3 Å². The average Bonchev–Trinajstić information content (AvgIpc) is 2.86. The molecule has 1 saturated heterocycles. The van der Waals surface area contributed by atoms with Gasteiger partial charge in [0.2, 0.25) is 0 Å². The Balaban J connectivity index is 2.12. The van der Waals surface area contributed by atoms with Gasteiger partial charge < -0.3 is 14.2 Å². The zero-order chi connectivity index (χ0) is 9.97. The van der Waals surface area contributed by atoms with Crippen molar-refractivity contribution in [2.45, 2.75) is 6.29 Å². The van der Waals surface area contributed by atoms with E-state index in [1.807, 2.05) is 0 Å². The molecule has 1 fully saturated rings. The Morgan fingerprint density at radius 1 is 1.57 bits per heavy atom. The Labute approximate surface area is 85.4 Å². The predicted molar refractivity (Wildman–Crippen MR) is 50.3 cm³/mol. The Kier molecular flexibility index (Phi) is 2.81. The highest BCUT2D eigenvalue weighted by molar-refractivity contribution is 7.10. The molecule has 2 rings (SSSR count). The lowest BCUT2D eigenvalue weighted by atomic mass is 10.3. The van der Waals surface area contributed by atoms with Crippen molar-refractivity contribution in [2.75, 3.05) is 20.3 Å². The lowest BCUT2D eigenvalue weighted by molar-refractivity contribution is -0.0413. The van der Waals surface area contributed by atoms with Crippen LogP contribution < -0.4 is 0 Å². The van der Waals surface area contributed by atoms with E-state index in [1.54, 1.807) is 11.4 Å². The topological polar surface area (TPSA) is 44.8 Å². The standard InChI is InChI=1S/C9H10O4S/c1-11-8(10)6-4-7(14-5-6)9-12-2-3-13-9/h4-5,9H,2-3H2,1H3. The van der Waals surface area contributed by atoms with E-state index in [1.165, 1.54) is 18.4 Å². The predicted octanol–water partition coefficient (Wildman–Crippen LogP) is 1.58. The molecule has 0 aliphatic carbocycles. The number of carbonyl (C=O) groups is 1. The van der Waals surface area contributed by atoms with Crippen molar-refractivity contribution in [3.8, 4) is 0 Å². The number of carbonyl (C=O) groups excluding carboxylic acids is 1. The molecule has 0 spiro atoms. The van der Waals surface area contributed by atoms with E-state index in [4.69, 9.17) is 9.47 Å². The fourth-order valence-electron chi connectivity index (χ4n) is 1.22. The molecule has 0 unspecified atom stereocenters. The number of rotatable bonds is 2. The quantitative estimate of drug-likeness (QED) is 0.701. The van der Waals surface area contributed by atoms with Gasteiger partial charge in [-0.2, -0.15) is 0 Å². The van der Waals surface area contributed by atoms with Gasteiger partial charge in [0.05, 0.1) is 30.8 Å². The van der Waals surface area contributed by atoms with Gasteiger partial charge in [-0.15, -0.1) is 11.3 Å². The van der Waals surface area contributed by atoms with Crippen molar-refractivity contribution in [3.05, 3.63) is 21.9 Å². The zero-order valence-corrected chi connectivity index (χ0v) is 8.50. The second-order valence-electron chi connectivity index (χ2n) is 2.80. The first-order valence-electron chi connectivity index (χ1n) is 4.21. The maximum atomic E-state index is 11.1. The molecule has 76 valence electrons. The molecule has 0 amide bonds. The van der Waals surface area contributed by atoms with Crippen LogP contribution in [0.15, 0.2) is 11.4 Å². The summed E-state index contributed by atoms with van der Waals surface area (Å²) in [6.45, 7) is 1.21. The van der Waals surface area contributed by atoms with Crippen molar-refractivity contribution in [1.82, 2.24) is 0 Å². The van der Waals surface area contributed by atoms with Gasteiger partial charge in [0, 0.05) is 5.38 Å². The van der Waals surface area contributed by atoms with Crippen molar-refractivity contribution in [1.29, 1.82) is 0 Å². The first-order chi connectivity index (χ1) is 6.81. The third-order valence-electron chi connectivity index (χ3n) is 1.89. The summed E-state index contributed by atoms with van der Waals surface area (Å²) >= 11 is 1.44. The number of hydrogen-bond acceptors (Lipinski definition) is 5. The SMILES string of the molecule is COC(=O)c1csc(C2OCCO2)c1. The van der Waals surface area contributed by atoms with Crippen LogP contribution in [0.1, 0.15) is 21.5 Å². The smallest absolute Gasteiger partial charge is 0.338 e. The van der Waals surface area contributed by atoms with Crippen LogP contribution in [0.25, 0.3) is 0 Å². The van der Waals surface area contributed by atoms with E-state index in [2.05, 4.69) is 4.74 Å². The van der Waals surface area contributed by atoms with Gasteiger partial charge in [-0.1, -0.05) is 0 Å². The Bertz CT molecular complexity index is 327. The molecule has 0 saturated carbocycles. The minimum absolute atomic E-state index is 0.307. The molecule has 2 heterocycles. The highest BCUT2D eigenvalue weighted by atomic mass is 32.1. The van der Waals surface area contributed by atoms with Crippen LogP contribution in [0.3, 0.4) is 0 Å². The molecule has 0 radical (unpaired) electrons. The number of thiophene rings is 1. The molecule has 1 aromatic heterocycles. The van der Waals surface area contributed by atoms with Crippen LogP contribution in [0.2, 0.25) is 0 Å². The summed E-state index contributed by atoms with van der Waals surface area (Å²) in [7, 11) is 1.36. The number of ether oxygens (including phenoxy) is 3. The van der Waals surface area contributed by atoms with Crippen LogP contribution in [0.5, 0.6) is 0 Å². The third-order valence-corrected chi connectivity index (χ3v) is 2.85. The highest BCUT2D eigenvalue weighted by Gasteiger charge is 2.21. The van der Waals surface area contributed by atoms with Crippen molar-refractivity contribution < 1.29 is 19.0 Å². The molecule has 1 aliphatic rings. The Morgan fingerprint density at radius 2 is 2.29 bits per heavy atom. The summed E-state index contributed by atoms with van der Waals surface area (Å²) in [5, 5.41) is 1.74. The van der Waals surface area contributed by atoms with Crippen LogP contribution >= 0.6 is 11.3 Å². The van der Waals surface area contributed by atoms with E-state index in [-0.39, 0.29) is 12.3 Å². The summed E-state index contributed by atoms with van der Waals surface area (Å²) < 4.78 is 15.2. The van der Waals surface area contributed by atoms with E-state index in [0.29, 0.717) is 18.8 Å². The fourth-order valence-corrected chi connectivity index (χ4v) is 2.09. The minimum Gasteiger partial charge on any atom is -0.465 e. The number of methoxy groups -OCH3 is 1. The molecular weight excluding hydrogens is 204 g/mol. The lowest BCUT2D eigenvalue weighted by Crippen LogP contribution is -1.99. The van der Waals surface area contributed by atoms with E-state index in [9.17, 15) is 4.79 Å². The summed E-state index contributed by atoms with van der Waals surface area (Å²) in [5.41, 5.74) is 0.548. The second kappa shape index (κ2) is 4.08. The first kappa shape index (κ1) is 9.64. The maximum Gasteiger partial charge on any atom is 0.338 e. The Morgan fingerprint density at radius 3 is 2.93 bits per heavy atom. The highest BCUT2D eigenvalue weighted by Crippen LogP contribution is 2.29. The molecule has 5 heteroatoms. The molecule has 0 N–H and O–H groups in total. The molecule has 0 atom stereocenters. The normalized spacial score (nSPS) is 17.2. The van der Waals surface area contributed by atoms with Crippen LogP contribution in [-0.2, 0) is 14.2 Å². The van der Waals surface area contributed by atoms with Gasteiger partial charge in [0.1, 0.15) is 0 Å². The lowest BCUT2D eigenvalue weighted by Gasteiger charge is -2.04. The number of esters is 1. The van der Waals surface area contributed by atoms with Gasteiger partial charge in [-0.05, 0) is 6.07 Å². The largest absolute Gasteiger partial charge is 0.465 e. The summed E-state index contributed by atoms with van der Waals surface area (Å²) in [6, 6.07) is 1.74. The monoisotopic (exact) mass is 214 g/mol. The molecule has 0 aromatic carbocycles. The van der Waals surface area contributed by atoms with Gasteiger partial charge >= 0.3 is 5.97 Å². The molecular formula is C9H10O4S. The van der Waals surface area contributed by atoms with Crippen molar-refractivity contribution in [2.24, 2.45) is 0 Å². The van der Waals surface area contributed by atoms with Crippen LogP contribution in [0, 0.1) is 0 Å². The fraction of sp³-hybridized carbons (Fsp3) is 0.444. The van der Waals surface area contributed by atoms with E-state index in [0.717, 1.165) is 4.88 Å². The maximum absolute atomic E-state index is 11.1. The zero-order valence-electron chi connectivity index (χ0n) is 7.69. The second-order valence-corrected chi connectivity index (χ2v) is 3.75. The van der Waals surface area contributed by atoms with Gasteiger partial charge in [-0.25, -0.2) is 4.79 Å². The number of hydrogen-bond donors (Lipinski definition) is 0. The van der Waals surface area contributed by atoms with Crippen molar-refractivity contribution in [3.63, 3.8) is 0 Å². The summed E-state index contributed by atoms with van der Waals surface area (Å²) in [5.74, 6) is -0.328. The van der Waals surface area contributed by atoms with Gasteiger partial charge in [-0.3, -0.25) is 0 Å². The summed E-state index contributed by atoms with van der Waals surface area (Å²) in [4.78, 5) is 12.0. The summed E-state index contributed by atoms with van der Waals surface area (Å²) in [6.07, 6.45) is -0.307. The van der Waals surface area contributed by atoms with E-state index >= 15 is 0 Å². The van der Waals surface area contributed by atoms with Gasteiger partial charge in [0.25, 0.3) is 0 Å². The molecule has 14 heavy (non-hydrogen) atoms. The third kappa shape index (κ3) is 1.79. The molecule has 1 aromatic rings. The van der Waals surface area contributed by atoms with E-state index < -0.39 is 0 Å². The average molecular weight is 214 g/mol. The molecule has 0 bridgehead atoms. The first-order valence-corrected chi connectivity index (χ1v) is 5.09. The molecule has 4 nitrogen and oxygen atoms in total. The Hall–Kier alpha value is -0.910. The van der Waals surface area contributed by atoms with Crippen LogP contribution in [0.4, 0.5) is 0 Å².